The molecule has 1 aromatic carbocycles. The molecule has 1 N–H and O–H groups in total. The number of rotatable bonds is 9. The van der Waals surface area contributed by atoms with E-state index >= 15 is 0 Å². The Bertz CT molecular complexity index is 448. The Kier molecular flexibility index (Phi) is 7.77. The van der Waals surface area contributed by atoms with Crippen LogP contribution in [0.1, 0.15) is 13.3 Å². The fraction of sp³-hybridized carbons (Fsp3) is 0.400. The molecule has 0 fully saturated rings. The molecule has 0 heterocycles. The summed E-state index contributed by atoms with van der Waals surface area (Å²) >= 11 is 5.83. The number of halogens is 1. The van der Waals surface area contributed by atoms with Gasteiger partial charge in [0.15, 0.2) is 0 Å². The number of amides is 1. The SMILES string of the molecule is C=C(C)COCCNC(=O)CCOc1cccc(Cl)c1. The predicted molar refractivity (Wildman–Crippen MR) is 80.2 cm³/mol. The molecule has 20 heavy (non-hydrogen) atoms. The summed E-state index contributed by atoms with van der Waals surface area (Å²) in [5.41, 5.74) is 0.964. The molecule has 0 aromatic heterocycles. The second-order valence-corrected chi connectivity index (χ2v) is 4.85. The van der Waals surface area contributed by atoms with E-state index in [0.29, 0.717) is 43.6 Å². The molecule has 0 bridgehead atoms. The smallest absolute Gasteiger partial charge is 0.223 e. The third-order valence-electron chi connectivity index (χ3n) is 2.31. The minimum atomic E-state index is -0.0639. The van der Waals surface area contributed by atoms with E-state index in [-0.39, 0.29) is 5.91 Å². The summed E-state index contributed by atoms with van der Waals surface area (Å²) in [6.45, 7) is 7.43. The van der Waals surface area contributed by atoms with Gasteiger partial charge in [-0.3, -0.25) is 4.79 Å². The number of carbonyl (C=O) groups excluding carboxylic acids is 1. The largest absolute Gasteiger partial charge is 0.493 e. The second-order valence-electron chi connectivity index (χ2n) is 4.42. The lowest BCUT2D eigenvalue weighted by atomic mass is 10.3. The van der Waals surface area contributed by atoms with Crippen LogP contribution in [0.25, 0.3) is 0 Å². The molecule has 0 spiro atoms. The van der Waals surface area contributed by atoms with Crippen LogP contribution in [0.5, 0.6) is 5.75 Å². The van der Waals surface area contributed by atoms with Crippen molar-refractivity contribution in [3.05, 3.63) is 41.4 Å². The third-order valence-corrected chi connectivity index (χ3v) is 2.55. The van der Waals surface area contributed by atoms with Crippen LogP contribution in [0.3, 0.4) is 0 Å². The first kappa shape index (κ1) is 16.5. The Morgan fingerprint density at radius 2 is 2.20 bits per heavy atom. The van der Waals surface area contributed by atoms with Crippen LogP contribution in [-0.4, -0.2) is 32.3 Å². The van der Waals surface area contributed by atoms with Gasteiger partial charge in [0.25, 0.3) is 0 Å². The number of benzene rings is 1. The van der Waals surface area contributed by atoms with Crippen LogP contribution < -0.4 is 10.1 Å². The molecule has 4 nitrogen and oxygen atoms in total. The van der Waals surface area contributed by atoms with Crippen LogP contribution in [0.15, 0.2) is 36.4 Å². The average molecular weight is 298 g/mol. The van der Waals surface area contributed by atoms with E-state index in [0.717, 1.165) is 5.57 Å². The van der Waals surface area contributed by atoms with Crippen LogP contribution >= 0.6 is 11.6 Å². The zero-order valence-electron chi connectivity index (χ0n) is 11.7. The van der Waals surface area contributed by atoms with Gasteiger partial charge in [0.2, 0.25) is 5.91 Å². The van der Waals surface area contributed by atoms with E-state index in [2.05, 4.69) is 11.9 Å². The lowest BCUT2D eigenvalue weighted by Gasteiger charge is -2.08. The van der Waals surface area contributed by atoms with E-state index in [1.54, 1.807) is 24.3 Å². The Morgan fingerprint density at radius 3 is 2.90 bits per heavy atom. The van der Waals surface area contributed by atoms with Crippen molar-refractivity contribution in [1.29, 1.82) is 0 Å². The maximum Gasteiger partial charge on any atom is 0.223 e. The first-order chi connectivity index (χ1) is 9.58. The van der Waals surface area contributed by atoms with E-state index in [4.69, 9.17) is 21.1 Å². The summed E-state index contributed by atoms with van der Waals surface area (Å²) in [7, 11) is 0. The fourth-order valence-electron chi connectivity index (χ4n) is 1.42. The summed E-state index contributed by atoms with van der Waals surface area (Å²) < 4.78 is 10.7. The fourth-order valence-corrected chi connectivity index (χ4v) is 1.60. The van der Waals surface area contributed by atoms with Gasteiger partial charge >= 0.3 is 0 Å². The maximum absolute atomic E-state index is 11.5. The normalized spacial score (nSPS) is 10.1. The standard InChI is InChI=1S/C15H20ClNO3/c1-12(2)11-19-9-7-17-15(18)6-8-20-14-5-3-4-13(16)10-14/h3-5,10H,1,6-9,11H2,2H3,(H,17,18). The lowest BCUT2D eigenvalue weighted by molar-refractivity contribution is -0.121. The van der Waals surface area contributed by atoms with Gasteiger partial charge in [-0.25, -0.2) is 0 Å². The monoisotopic (exact) mass is 297 g/mol. The number of ether oxygens (including phenoxy) is 2. The van der Waals surface area contributed by atoms with Gasteiger partial charge in [-0.2, -0.15) is 0 Å². The molecule has 0 radical (unpaired) electrons. The highest BCUT2D eigenvalue weighted by Gasteiger charge is 2.02. The first-order valence-electron chi connectivity index (χ1n) is 6.45. The van der Waals surface area contributed by atoms with Crippen molar-refractivity contribution in [2.45, 2.75) is 13.3 Å². The Morgan fingerprint density at radius 1 is 1.40 bits per heavy atom. The first-order valence-corrected chi connectivity index (χ1v) is 6.83. The van der Waals surface area contributed by atoms with Crippen molar-refractivity contribution in [3.63, 3.8) is 0 Å². The molecule has 0 unspecified atom stereocenters. The molecule has 1 amide bonds. The van der Waals surface area contributed by atoms with Crippen molar-refractivity contribution in [1.82, 2.24) is 5.32 Å². The van der Waals surface area contributed by atoms with Gasteiger partial charge in [-0.15, -0.1) is 0 Å². The number of hydrogen-bond acceptors (Lipinski definition) is 3. The molecule has 5 heteroatoms. The summed E-state index contributed by atoms with van der Waals surface area (Å²) in [4.78, 5) is 11.5. The van der Waals surface area contributed by atoms with Crippen LogP contribution in [0.2, 0.25) is 5.02 Å². The number of hydrogen-bond donors (Lipinski definition) is 1. The van der Waals surface area contributed by atoms with Gasteiger partial charge in [0, 0.05) is 11.6 Å². The Hall–Kier alpha value is -1.52. The summed E-state index contributed by atoms with van der Waals surface area (Å²) in [6, 6.07) is 7.09. The summed E-state index contributed by atoms with van der Waals surface area (Å²) in [6.07, 6.45) is 0.299. The van der Waals surface area contributed by atoms with Crippen LogP contribution in [0, 0.1) is 0 Å². The van der Waals surface area contributed by atoms with Crippen LogP contribution in [-0.2, 0) is 9.53 Å². The highest BCUT2D eigenvalue weighted by Crippen LogP contribution is 2.16. The zero-order chi connectivity index (χ0) is 14.8. The molecule has 1 rings (SSSR count). The van der Waals surface area contributed by atoms with Gasteiger partial charge in [-0.05, 0) is 25.1 Å². The second kappa shape index (κ2) is 9.39. The molecule has 0 aliphatic carbocycles. The minimum Gasteiger partial charge on any atom is -0.493 e. The molecular weight excluding hydrogens is 278 g/mol. The average Bonchev–Trinajstić information content (AvgIpc) is 2.38. The van der Waals surface area contributed by atoms with Crippen molar-refractivity contribution in [3.8, 4) is 5.75 Å². The molecule has 0 saturated heterocycles. The molecule has 0 atom stereocenters. The third kappa shape index (κ3) is 7.81. The summed E-state index contributed by atoms with van der Waals surface area (Å²) in [5, 5.41) is 3.37. The zero-order valence-corrected chi connectivity index (χ0v) is 12.4. The van der Waals surface area contributed by atoms with Gasteiger partial charge in [0.1, 0.15) is 5.75 Å². The molecule has 1 aromatic rings. The topological polar surface area (TPSA) is 47.6 Å². The van der Waals surface area contributed by atoms with Crippen molar-refractivity contribution < 1.29 is 14.3 Å². The maximum atomic E-state index is 11.5. The van der Waals surface area contributed by atoms with Crippen molar-refractivity contribution in [2.24, 2.45) is 0 Å². The van der Waals surface area contributed by atoms with E-state index in [9.17, 15) is 4.79 Å². The van der Waals surface area contributed by atoms with Gasteiger partial charge < -0.3 is 14.8 Å². The number of nitrogens with one attached hydrogen (secondary N) is 1. The van der Waals surface area contributed by atoms with Gasteiger partial charge in [-0.1, -0.05) is 29.8 Å². The molecule has 110 valence electrons. The Balaban J connectivity index is 2.07. The highest BCUT2D eigenvalue weighted by atomic mass is 35.5. The van der Waals surface area contributed by atoms with E-state index < -0.39 is 0 Å². The molecule has 0 aliphatic rings. The molecular formula is C15H20ClNO3. The summed E-state index contributed by atoms with van der Waals surface area (Å²) in [5.74, 6) is 0.598. The Labute approximate surface area is 124 Å². The quantitative estimate of drug-likeness (QED) is 0.563. The highest BCUT2D eigenvalue weighted by molar-refractivity contribution is 6.30. The minimum absolute atomic E-state index is 0.0639. The molecule has 0 aliphatic heterocycles. The number of carbonyl (C=O) groups is 1. The predicted octanol–water partition coefficient (Wildman–Crippen LogP) is 2.82. The molecule has 0 saturated carbocycles. The lowest BCUT2D eigenvalue weighted by Crippen LogP contribution is -2.28. The van der Waals surface area contributed by atoms with Gasteiger partial charge in [0.05, 0.1) is 26.2 Å². The van der Waals surface area contributed by atoms with Crippen molar-refractivity contribution in [2.75, 3.05) is 26.4 Å². The van der Waals surface area contributed by atoms with Crippen LogP contribution in [0.4, 0.5) is 0 Å². The van der Waals surface area contributed by atoms with E-state index in [1.807, 2.05) is 6.92 Å². The van der Waals surface area contributed by atoms with E-state index in [1.165, 1.54) is 0 Å². The van der Waals surface area contributed by atoms with Crippen molar-refractivity contribution >= 4 is 17.5 Å².